The molecule has 0 fully saturated rings. The second kappa shape index (κ2) is 3.03. The summed E-state index contributed by atoms with van der Waals surface area (Å²) in [6.07, 6.45) is -0.102. The summed E-state index contributed by atoms with van der Waals surface area (Å²) in [7, 11) is 0. The Labute approximate surface area is 47.3 Å². The van der Waals surface area contributed by atoms with Gasteiger partial charge in [-0.1, -0.05) is 13.8 Å². The summed E-state index contributed by atoms with van der Waals surface area (Å²) in [5.41, 5.74) is 5.45. The van der Waals surface area contributed by atoms with Crippen molar-refractivity contribution >= 4 is 0 Å². The van der Waals surface area contributed by atoms with Gasteiger partial charge in [0.15, 0.2) is 0 Å². The van der Waals surface area contributed by atoms with Gasteiger partial charge in [-0.3, -0.25) is 0 Å². The Morgan fingerprint density at radius 1 is 1.57 bits per heavy atom. The van der Waals surface area contributed by atoms with Gasteiger partial charge in [-0.25, -0.2) is 0 Å². The molecule has 2 N–H and O–H groups in total. The van der Waals surface area contributed by atoms with Crippen LogP contribution in [0.5, 0.6) is 0 Å². The van der Waals surface area contributed by atoms with Crippen LogP contribution in [-0.2, 0) is 0 Å². The summed E-state index contributed by atoms with van der Waals surface area (Å²) in [6.45, 7) is 5.90. The molecule has 0 unspecified atom stereocenters. The molecule has 0 aliphatic heterocycles. The topological polar surface area (TPSA) is 26.0 Å². The van der Waals surface area contributed by atoms with Gasteiger partial charge in [0.25, 0.3) is 0 Å². The van der Waals surface area contributed by atoms with Crippen molar-refractivity contribution in [1.82, 2.24) is 0 Å². The van der Waals surface area contributed by atoms with Gasteiger partial charge in [0.05, 0.1) is 0 Å². The first-order chi connectivity index (χ1) is 3.55. The molecule has 0 aromatic heterocycles. The van der Waals surface area contributed by atoms with E-state index in [4.69, 9.17) is 7.10 Å². The fourth-order valence-corrected chi connectivity index (χ4v) is 0.607. The zero-order valence-corrected chi connectivity index (χ0v) is 5.31. The largest absolute Gasteiger partial charge is 0.328 e. The van der Waals surface area contributed by atoms with Crippen molar-refractivity contribution < 1.29 is 1.37 Å². The van der Waals surface area contributed by atoms with E-state index in [1.807, 2.05) is 20.8 Å². The monoisotopic (exact) mass is 102 g/mol. The van der Waals surface area contributed by atoms with Crippen molar-refractivity contribution in [2.24, 2.45) is 11.7 Å². The molecule has 0 saturated carbocycles. The quantitative estimate of drug-likeness (QED) is 0.560. The minimum absolute atomic E-state index is 0.00926. The Balaban J connectivity index is 3.46. The predicted molar refractivity (Wildman–Crippen MR) is 33.1 cm³/mol. The molecule has 0 heterocycles. The smallest absolute Gasteiger partial charge is 0.0285 e. The highest BCUT2D eigenvalue weighted by Gasteiger charge is 1.95. The van der Waals surface area contributed by atoms with Crippen LogP contribution in [0.15, 0.2) is 0 Å². The molecule has 0 aliphatic carbocycles. The molecule has 0 bridgehead atoms. The SMILES string of the molecule is [2H][C@@H](C(C)C)[C@@H](C)N. The summed E-state index contributed by atoms with van der Waals surface area (Å²) >= 11 is 0. The molecule has 2 atom stereocenters. The van der Waals surface area contributed by atoms with E-state index in [9.17, 15) is 0 Å². The molecule has 0 saturated heterocycles. The molecule has 1 nitrogen and oxygen atoms in total. The Kier molecular flexibility index (Phi) is 2.21. The Morgan fingerprint density at radius 2 is 2.00 bits per heavy atom. The van der Waals surface area contributed by atoms with Gasteiger partial charge >= 0.3 is 0 Å². The van der Waals surface area contributed by atoms with E-state index in [0.29, 0.717) is 5.92 Å². The molecule has 0 aromatic rings. The lowest BCUT2D eigenvalue weighted by Crippen LogP contribution is -2.16. The van der Waals surface area contributed by atoms with E-state index in [1.54, 1.807) is 0 Å². The summed E-state index contributed by atoms with van der Waals surface area (Å²) < 4.78 is 7.36. The van der Waals surface area contributed by atoms with Gasteiger partial charge in [-0.05, 0) is 19.2 Å². The molecule has 0 rings (SSSR count). The van der Waals surface area contributed by atoms with Crippen LogP contribution in [0.3, 0.4) is 0 Å². The van der Waals surface area contributed by atoms with E-state index in [2.05, 4.69) is 0 Å². The maximum atomic E-state index is 7.36. The van der Waals surface area contributed by atoms with Crippen LogP contribution < -0.4 is 5.73 Å². The van der Waals surface area contributed by atoms with Gasteiger partial charge < -0.3 is 5.73 Å². The first-order valence-electron chi connectivity index (χ1n) is 3.31. The lowest BCUT2D eigenvalue weighted by atomic mass is 10.1. The summed E-state index contributed by atoms with van der Waals surface area (Å²) in [5.74, 6) is 0.384. The lowest BCUT2D eigenvalue weighted by molar-refractivity contribution is 0.520. The average Bonchev–Trinajstić information content (AvgIpc) is 1.64. The van der Waals surface area contributed by atoms with Crippen LogP contribution in [-0.4, -0.2) is 6.04 Å². The van der Waals surface area contributed by atoms with Crippen LogP contribution in [0.1, 0.15) is 28.5 Å². The van der Waals surface area contributed by atoms with Crippen LogP contribution in [0.4, 0.5) is 0 Å². The van der Waals surface area contributed by atoms with Gasteiger partial charge in [0, 0.05) is 7.41 Å². The second-order valence-electron chi connectivity index (χ2n) is 2.30. The van der Waals surface area contributed by atoms with E-state index in [-0.39, 0.29) is 12.4 Å². The molecule has 0 aliphatic rings. The number of hydrogen-bond donors (Lipinski definition) is 1. The van der Waals surface area contributed by atoms with E-state index < -0.39 is 0 Å². The zero-order chi connectivity index (χ0) is 6.73. The van der Waals surface area contributed by atoms with E-state index in [1.165, 1.54) is 0 Å². The Hall–Kier alpha value is -0.0400. The van der Waals surface area contributed by atoms with Crippen molar-refractivity contribution in [3.63, 3.8) is 0 Å². The number of rotatable bonds is 2. The van der Waals surface area contributed by atoms with Crippen molar-refractivity contribution in [2.45, 2.75) is 33.2 Å². The van der Waals surface area contributed by atoms with Crippen LogP contribution >= 0.6 is 0 Å². The molecule has 0 radical (unpaired) electrons. The predicted octanol–water partition coefficient (Wildman–Crippen LogP) is 1.38. The minimum Gasteiger partial charge on any atom is -0.328 e. The average molecular weight is 102 g/mol. The Morgan fingerprint density at radius 3 is 2.00 bits per heavy atom. The number of hydrogen-bond acceptors (Lipinski definition) is 1. The molecule has 0 aromatic carbocycles. The fraction of sp³-hybridized carbons (Fsp3) is 1.00. The maximum Gasteiger partial charge on any atom is 0.0285 e. The lowest BCUT2D eigenvalue weighted by Gasteiger charge is -2.05. The molecule has 0 spiro atoms. The third-order valence-electron chi connectivity index (χ3n) is 0.688. The maximum absolute atomic E-state index is 7.36. The molecule has 44 valence electrons. The first kappa shape index (κ1) is 5.10. The third kappa shape index (κ3) is 5.96. The van der Waals surface area contributed by atoms with Gasteiger partial charge in [-0.15, -0.1) is 0 Å². The molecule has 7 heavy (non-hydrogen) atoms. The highest BCUT2D eigenvalue weighted by Crippen LogP contribution is 2.00. The zero-order valence-electron chi connectivity index (χ0n) is 6.31. The summed E-state index contributed by atoms with van der Waals surface area (Å²) in [5, 5.41) is 0. The molecular weight excluding hydrogens is 86.1 g/mol. The number of nitrogens with two attached hydrogens (primary N) is 1. The fourth-order valence-electron chi connectivity index (χ4n) is 0.607. The summed E-state index contributed by atoms with van der Waals surface area (Å²) in [6, 6.07) is 0.00926. The van der Waals surface area contributed by atoms with Gasteiger partial charge in [-0.2, -0.15) is 0 Å². The van der Waals surface area contributed by atoms with Crippen molar-refractivity contribution in [3.05, 3.63) is 0 Å². The van der Waals surface area contributed by atoms with E-state index in [0.717, 1.165) is 0 Å². The molecule has 0 amide bonds. The van der Waals surface area contributed by atoms with Crippen molar-refractivity contribution in [3.8, 4) is 0 Å². The minimum atomic E-state index is -0.102. The van der Waals surface area contributed by atoms with Gasteiger partial charge in [0.2, 0.25) is 0 Å². The van der Waals surface area contributed by atoms with Gasteiger partial charge in [0.1, 0.15) is 0 Å². The first-order valence-corrected chi connectivity index (χ1v) is 2.73. The second-order valence-corrected chi connectivity index (χ2v) is 2.30. The highest BCUT2D eigenvalue weighted by atomic mass is 14.6. The normalized spacial score (nSPS) is 21.6. The van der Waals surface area contributed by atoms with E-state index >= 15 is 0 Å². The summed E-state index contributed by atoms with van der Waals surface area (Å²) in [4.78, 5) is 0. The van der Waals surface area contributed by atoms with Crippen LogP contribution in [0, 0.1) is 5.92 Å². The Bertz CT molecular complexity index is 53.5. The van der Waals surface area contributed by atoms with Crippen LogP contribution in [0.2, 0.25) is 0 Å². The van der Waals surface area contributed by atoms with Crippen molar-refractivity contribution in [2.75, 3.05) is 0 Å². The highest BCUT2D eigenvalue weighted by molar-refractivity contribution is 4.54. The van der Waals surface area contributed by atoms with Crippen LogP contribution in [0.25, 0.3) is 0 Å². The standard InChI is InChI=1S/C6H15N/c1-5(2)4-6(3)7/h5-6H,4,7H2,1-3H3/t6-/m1/s1/i4D/t4-,6+/m0. The third-order valence-corrected chi connectivity index (χ3v) is 0.688. The molecular formula is C6H15N. The van der Waals surface area contributed by atoms with Crippen molar-refractivity contribution in [1.29, 1.82) is 0 Å². The molecule has 1 heteroatoms.